The van der Waals surface area contributed by atoms with Crippen LogP contribution in [0.5, 0.6) is 0 Å². The molecule has 0 saturated carbocycles. The maximum absolute atomic E-state index is 13.0. The SMILES string of the molecule is Cc1ccnc(NC(=O)C2CCN(C(=O)c3cccc(NC(=O)CSc4nncn4C)c3)CC2)c1. The number of rotatable bonds is 7. The second kappa shape index (κ2) is 11.1. The lowest BCUT2D eigenvalue weighted by molar-refractivity contribution is -0.121. The van der Waals surface area contributed by atoms with E-state index in [1.165, 1.54) is 11.8 Å². The van der Waals surface area contributed by atoms with E-state index in [4.69, 9.17) is 0 Å². The molecule has 0 unspecified atom stereocenters. The Morgan fingerprint density at radius 2 is 1.91 bits per heavy atom. The van der Waals surface area contributed by atoms with Crippen molar-refractivity contribution in [2.45, 2.75) is 24.9 Å². The van der Waals surface area contributed by atoms with Crippen LogP contribution in [0.2, 0.25) is 0 Å². The van der Waals surface area contributed by atoms with Crippen LogP contribution < -0.4 is 10.6 Å². The van der Waals surface area contributed by atoms with E-state index in [0.29, 0.717) is 48.2 Å². The molecular weight excluding hydrogens is 466 g/mol. The Morgan fingerprint density at radius 3 is 2.63 bits per heavy atom. The van der Waals surface area contributed by atoms with E-state index in [1.807, 2.05) is 26.1 Å². The maximum Gasteiger partial charge on any atom is 0.253 e. The molecule has 1 saturated heterocycles. The molecule has 1 fully saturated rings. The second-order valence-electron chi connectivity index (χ2n) is 8.42. The number of hydrogen-bond acceptors (Lipinski definition) is 7. The van der Waals surface area contributed by atoms with Gasteiger partial charge in [0.1, 0.15) is 12.1 Å². The van der Waals surface area contributed by atoms with Crippen LogP contribution in [-0.4, -0.2) is 61.2 Å². The highest BCUT2D eigenvalue weighted by Crippen LogP contribution is 2.22. The van der Waals surface area contributed by atoms with Crippen molar-refractivity contribution in [2.75, 3.05) is 29.5 Å². The molecule has 0 spiro atoms. The van der Waals surface area contributed by atoms with E-state index < -0.39 is 0 Å². The highest BCUT2D eigenvalue weighted by atomic mass is 32.2. The van der Waals surface area contributed by atoms with Gasteiger partial charge in [-0.15, -0.1) is 10.2 Å². The predicted octanol–water partition coefficient (Wildman–Crippen LogP) is 2.74. The normalized spacial score (nSPS) is 13.9. The summed E-state index contributed by atoms with van der Waals surface area (Å²) in [5.74, 6) is 0.171. The van der Waals surface area contributed by atoms with Crippen LogP contribution in [0, 0.1) is 12.8 Å². The Morgan fingerprint density at radius 1 is 1.11 bits per heavy atom. The minimum atomic E-state index is -0.197. The monoisotopic (exact) mass is 493 g/mol. The van der Waals surface area contributed by atoms with E-state index >= 15 is 0 Å². The number of aromatic nitrogens is 4. The number of amides is 3. The molecule has 10 nitrogen and oxygen atoms in total. The molecule has 1 aliphatic rings. The number of pyridine rings is 1. The summed E-state index contributed by atoms with van der Waals surface area (Å²) in [5, 5.41) is 14.1. The average molecular weight is 494 g/mol. The van der Waals surface area contributed by atoms with Gasteiger partial charge in [-0.1, -0.05) is 17.8 Å². The van der Waals surface area contributed by atoms with Gasteiger partial charge >= 0.3 is 0 Å². The smallest absolute Gasteiger partial charge is 0.253 e. The first kappa shape index (κ1) is 24.4. The summed E-state index contributed by atoms with van der Waals surface area (Å²) in [5.41, 5.74) is 2.08. The zero-order valence-corrected chi connectivity index (χ0v) is 20.4. The first-order valence-electron chi connectivity index (χ1n) is 11.3. The summed E-state index contributed by atoms with van der Waals surface area (Å²) < 4.78 is 1.74. The number of likely N-dealkylation sites (tertiary alicyclic amines) is 1. The fourth-order valence-electron chi connectivity index (χ4n) is 3.82. The minimum Gasteiger partial charge on any atom is -0.339 e. The van der Waals surface area contributed by atoms with E-state index in [0.717, 1.165) is 5.56 Å². The second-order valence-corrected chi connectivity index (χ2v) is 9.36. The molecule has 0 radical (unpaired) electrons. The fourth-order valence-corrected chi connectivity index (χ4v) is 4.51. The summed E-state index contributed by atoms with van der Waals surface area (Å²) in [6.07, 6.45) is 4.41. The lowest BCUT2D eigenvalue weighted by Crippen LogP contribution is -2.41. The first-order valence-corrected chi connectivity index (χ1v) is 12.3. The van der Waals surface area contributed by atoms with Gasteiger partial charge in [0, 0.05) is 43.5 Å². The Bertz CT molecular complexity index is 1220. The van der Waals surface area contributed by atoms with Gasteiger partial charge in [0.25, 0.3) is 5.91 Å². The minimum absolute atomic E-state index is 0.0703. The summed E-state index contributed by atoms with van der Waals surface area (Å²) in [7, 11) is 1.81. The van der Waals surface area contributed by atoms with Crippen molar-refractivity contribution in [2.24, 2.45) is 13.0 Å². The number of carbonyl (C=O) groups is 3. The average Bonchev–Trinajstić information content (AvgIpc) is 3.27. The van der Waals surface area contributed by atoms with E-state index in [-0.39, 0.29) is 29.4 Å². The molecule has 0 atom stereocenters. The molecule has 11 heteroatoms. The van der Waals surface area contributed by atoms with E-state index in [9.17, 15) is 14.4 Å². The number of piperidine rings is 1. The van der Waals surface area contributed by atoms with Gasteiger partial charge in [-0.2, -0.15) is 0 Å². The van der Waals surface area contributed by atoms with E-state index in [2.05, 4.69) is 25.8 Å². The molecule has 182 valence electrons. The fraction of sp³-hybridized carbons (Fsp3) is 0.333. The summed E-state index contributed by atoms with van der Waals surface area (Å²) in [4.78, 5) is 43.9. The third-order valence-electron chi connectivity index (χ3n) is 5.72. The lowest BCUT2D eigenvalue weighted by Gasteiger charge is -2.31. The number of hydrogen-bond donors (Lipinski definition) is 2. The molecule has 3 heterocycles. The van der Waals surface area contributed by atoms with Crippen LogP contribution in [-0.2, 0) is 16.6 Å². The van der Waals surface area contributed by atoms with Gasteiger partial charge < -0.3 is 20.1 Å². The summed E-state index contributed by atoms with van der Waals surface area (Å²) >= 11 is 1.28. The number of anilines is 2. The van der Waals surface area contributed by atoms with Gasteiger partial charge in [0.05, 0.1) is 5.75 Å². The molecule has 3 aromatic rings. The number of thioether (sulfide) groups is 1. The Labute approximate surface area is 207 Å². The molecule has 2 aromatic heterocycles. The van der Waals surface area contributed by atoms with Gasteiger partial charge in [0.2, 0.25) is 11.8 Å². The molecule has 1 aromatic carbocycles. The number of aryl methyl sites for hydroxylation is 2. The van der Waals surface area contributed by atoms with Crippen LogP contribution >= 0.6 is 11.8 Å². The lowest BCUT2D eigenvalue weighted by atomic mass is 9.95. The third kappa shape index (κ3) is 6.44. The summed E-state index contributed by atoms with van der Waals surface area (Å²) in [6, 6.07) is 10.6. The van der Waals surface area contributed by atoms with Crippen LogP contribution in [0.15, 0.2) is 54.1 Å². The van der Waals surface area contributed by atoms with Crippen LogP contribution in [0.25, 0.3) is 0 Å². The molecule has 3 amide bonds. The third-order valence-corrected chi connectivity index (χ3v) is 6.75. The van der Waals surface area contributed by atoms with Crippen LogP contribution in [0.4, 0.5) is 11.5 Å². The van der Waals surface area contributed by atoms with Crippen molar-refractivity contribution in [3.63, 3.8) is 0 Å². The highest BCUT2D eigenvalue weighted by molar-refractivity contribution is 7.99. The van der Waals surface area contributed by atoms with E-state index in [1.54, 1.807) is 46.3 Å². The number of nitrogens with one attached hydrogen (secondary N) is 2. The van der Waals surface area contributed by atoms with Crippen LogP contribution in [0.1, 0.15) is 28.8 Å². The Hall–Kier alpha value is -3.73. The molecule has 0 bridgehead atoms. The van der Waals surface area contributed by atoms with Crippen molar-refractivity contribution in [3.8, 4) is 0 Å². The standard InChI is InChI=1S/C24H27N7O3S/c1-16-6-9-25-20(12-16)28-22(33)17-7-10-31(11-8-17)23(34)18-4-3-5-19(13-18)27-21(32)14-35-24-29-26-15-30(24)2/h3-6,9,12-13,15,17H,7-8,10-11,14H2,1-2H3,(H,27,32)(H,25,28,33). The Kier molecular flexibility index (Phi) is 7.76. The molecule has 35 heavy (non-hydrogen) atoms. The first-order chi connectivity index (χ1) is 16.9. The van der Waals surface area contributed by atoms with Crippen molar-refractivity contribution >= 4 is 41.0 Å². The van der Waals surface area contributed by atoms with Gasteiger partial charge in [-0.05, 0) is 55.7 Å². The van der Waals surface area contributed by atoms with Crippen molar-refractivity contribution in [1.29, 1.82) is 0 Å². The Balaban J connectivity index is 1.28. The van der Waals surface area contributed by atoms with Gasteiger partial charge in [0.15, 0.2) is 5.16 Å². The zero-order chi connectivity index (χ0) is 24.8. The number of carbonyl (C=O) groups excluding carboxylic acids is 3. The molecule has 2 N–H and O–H groups in total. The van der Waals surface area contributed by atoms with Gasteiger partial charge in [-0.25, -0.2) is 4.98 Å². The molecular formula is C24H27N7O3S. The zero-order valence-electron chi connectivity index (χ0n) is 19.6. The number of benzene rings is 1. The topological polar surface area (TPSA) is 122 Å². The summed E-state index contributed by atoms with van der Waals surface area (Å²) in [6.45, 7) is 2.92. The maximum atomic E-state index is 13.0. The molecule has 4 rings (SSSR count). The van der Waals surface area contributed by atoms with Gasteiger partial charge in [-0.3, -0.25) is 14.4 Å². The van der Waals surface area contributed by atoms with Crippen molar-refractivity contribution in [1.82, 2.24) is 24.6 Å². The predicted molar refractivity (Wildman–Crippen MR) is 133 cm³/mol. The quantitative estimate of drug-likeness (QED) is 0.485. The molecule has 1 aliphatic heterocycles. The van der Waals surface area contributed by atoms with Crippen molar-refractivity contribution in [3.05, 3.63) is 60.0 Å². The molecule has 0 aliphatic carbocycles. The largest absolute Gasteiger partial charge is 0.339 e. The van der Waals surface area contributed by atoms with Crippen LogP contribution in [0.3, 0.4) is 0 Å². The highest BCUT2D eigenvalue weighted by Gasteiger charge is 2.28. The van der Waals surface area contributed by atoms with Crippen molar-refractivity contribution < 1.29 is 14.4 Å². The number of nitrogens with zero attached hydrogens (tertiary/aromatic N) is 5.